The van der Waals surface area contributed by atoms with E-state index in [1.807, 2.05) is 0 Å². The third-order valence-electron chi connectivity index (χ3n) is 15.6. The second-order valence-corrected chi connectivity index (χ2v) is 20.0. The Bertz CT molecular complexity index is 1620. The molecule has 304 valence electrons. The number of hydrogen-bond acceptors (Lipinski definition) is 0. The molecule has 0 N–H and O–H groups in total. The summed E-state index contributed by atoms with van der Waals surface area (Å²) in [6.45, 7) is 4.54. The molecule has 0 spiro atoms. The minimum absolute atomic E-state index is 0.0954. The van der Waals surface area contributed by atoms with Crippen LogP contribution in [-0.4, -0.2) is 4.32 Å². The third kappa shape index (κ3) is 8.27. The van der Waals surface area contributed by atoms with E-state index in [9.17, 15) is 17.6 Å². The summed E-state index contributed by atoms with van der Waals surface area (Å²) in [5.74, 6) is -3.20. The number of benzene rings is 2. The second-order valence-electron chi connectivity index (χ2n) is 18.6. The lowest BCUT2D eigenvalue weighted by atomic mass is 9.66. The monoisotopic (exact) mass is 832 g/mol. The van der Waals surface area contributed by atoms with Gasteiger partial charge in [-0.25, -0.2) is 8.78 Å². The molecule has 0 radical (unpaired) electrons. The van der Waals surface area contributed by atoms with Gasteiger partial charge in [0, 0.05) is 5.57 Å². The smallest absolute Gasteiger partial charge is 0.206 e. The molecule has 0 heterocycles. The lowest BCUT2D eigenvalue weighted by Gasteiger charge is -2.43. The Morgan fingerprint density at radius 1 is 0.582 bits per heavy atom. The summed E-state index contributed by atoms with van der Waals surface area (Å²) < 4.78 is 87.3. The van der Waals surface area contributed by atoms with Gasteiger partial charge < -0.3 is 0 Å². The van der Waals surface area contributed by atoms with Gasteiger partial charge in [-0.1, -0.05) is 105 Å². The normalized spacial score (nSPS) is 35.3. The van der Waals surface area contributed by atoms with Crippen LogP contribution in [0.5, 0.6) is 0 Å². The highest BCUT2D eigenvalue weighted by Crippen LogP contribution is 2.61. The highest BCUT2D eigenvalue weighted by atomic mass is 79.9. The Balaban J connectivity index is 0.000000169. The largest absolute Gasteiger partial charge is 0.298 e. The summed E-state index contributed by atoms with van der Waals surface area (Å²) in [6, 6.07) is 8.66. The highest BCUT2D eigenvalue weighted by molar-refractivity contribution is 9.10. The van der Waals surface area contributed by atoms with Crippen LogP contribution < -0.4 is 0 Å². The first kappa shape index (κ1) is 41.4. The second kappa shape index (κ2) is 17.2. The van der Waals surface area contributed by atoms with E-state index in [1.165, 1.54) is 83.1 Å². The molecular formula is C48H63BrF6. The van der Waals surface area contributed by atoms with Crippen molar-refractivity contribution in [3.05, 3.63) is 75.9 Å². The van der Waals surface area contributed by atoms with E-state index >= 15 is 8.78 Å². The predicted molar refractivity (Wildman–Crippen MR) is 216 cm³/mol. The van der Waals surface area contributed by atoms with Crippen molar-refractivity contribution in [1.29, 1.82) is 0 Å². The molecule has 1 unspecified atom stereocenters. The standard InChI is InChI=1S/C24H32BrF3.C24H31F3/c1-2-4-16-7-9-17(10-8-16)18-11-13-20(14-12-18)23(25)15-19-5-3-6-21(26)22(19)24(23,27)28;1-2-4-16-7-9-17(10-8-16)18-11-13-19(14-12-18)21-15-20-5-3-6-22(25)23(20)24(21,26)27/h3,5-6,16-18,20H,2,4,7-15H2,1H3;3,5-6,15-19H,2,4,7-14H2,1H3. The van der Waals surface area contributed by atoms with Crippen molar-refractivity contribution in [1.82, 2.24) is 0 Å². The molecule has 4 saturated carbocycles. The van der Waals surface area contributed by atoms with E-state index in [4.69, 9.17) is 0 Å². The lowest BCUT2D eigenvalue weighted by Crippen LogP contribution is -2.46. The van der Waals surface area contributed by atoms with E-state index in [2.05, 4.69) is 29.8 Å². The van der Waals surface area contributed by atoms with Crippen molar-refractivity contribution in [3.63, 3.8) is 0 Å². The van der Waals surface area contributed by atoms with Crippen LogP contribution in [0.4, 0.5) is 26.3 Å². The first-order valence-corrected chi connectivity index (χ1v) is 22.9. The summed E-state index contributed by atoms with van der Waals surface area (Å²) in [5.41, 5.74) is 0.219. The van der Waals surface area contributed by atoms with Gasteiger partial charge in [0.25, 0.3) is 11.8 Å². The molecule has 1 atom stereocenters. The van der Waals surface area contributed by atoms with Crippen LogP contribution in [0.2, 0.25) is 0 Å². The molecule has 0 amide bonds. The maximum absolute atomic E-state index is 15.3. The van der Waals surface area contributed by atoms with Crippen LogP contribution in [0.15, 0.2) is 42.0 Å². The lowest BCUT2D eigenvalue weighted by molar-refractivity contribution is -0.0621. The van der Waals surface area contributed by atoms with Gasteiger partial charge in [-0.3, -0.25) is 0 Å². The zero-order chi connectivity index (χ0) is 39.0. The summed E-state index contributed by atoms with van der Waals surface area (Å²) >= 11 is 3.47. The van der Waals surface area contributed by atoms with Gasteiger partial charge in [-0.2, -0.15) is 17.6 Å². The van der Waals surface area contributed by atoms with Gasteiger partial charge >= 0.3 is 0 Å². The Hall–Kier alpha value is -1.76. The summed E-state index contributed by atoms with van der Waals surface area (Å²) in [6.07, 6.45) is 25.3. The van der Waals surface area contributed by atoms with Crippen LogP contribution in [0.3, 0.4) is 0 Å². The number of hydrogen-bond donors (Lipinski definition) is 0. The van der Waals surface area contributed by atoms with Crippen LogP contribution >= 0.6 is 15.9 Å². The molecule has 2 aromatic carbocycles. The molecule has 4 fully saturated rings. The summed E-state index contributed by atoms with van der Waals surface area (Å²) in [7, 11) is 0. The Kier molecular flexibility index (Phi) is 13.0. The molecule has 0 saturated heterocycles. The first-order chi connectivity index (χ1) is 26.4. The van der Waals surface area contributed by atoms with Crippen molar-refractivity contribution in [2.45, 2.75) is 165 Å². The minimum Gasteiger partial charge on any atom is -0.206 e. The van der Waals surface area contributed by atoms with Crippen LogP contribution in [-0.2, 0) is 18.3 Å². The zero-order valence-corrected chi connectivity index (χ0v) is 34.7. The summed E-state index contributed by atoms with van der Waals surface area (Å²) in [5, 5.41) is 0. The minimum atomic E-state index is -3.15. The molecule has 55 heavy (non-hydrogen) atoms. The molecule has 0 nitrogen and oxygen atoms in total. The number of allylic oxidation sites excluding steroid dienone is 1. The third-order valence-corrected chi connectivity index (χ3v) is 17.0. The van der Waals surface area contributed by atoms with Crippen LogP contribution in [0.25, 0.3) is 6.08 Å². The van der Waals surface area contributed by atoms with Crippen molar-refractivity contribution in [2.24, 2.45) is 47.3 Å². The SMILES string of the molecule is CCCC1CCC(C2CCC(C3(Br)Cc4cccc(F)c4C3(F)F)CC2)CC1.CCCC1CCC(C2CCC(C3=Cc4cccc(F)c4C3(F)F)CC2)CC1. The fourth-order valence-electron chi connectivity index (χ4n) is 12.5. The zero-order valence-electron chi connectivity index (χ0n) is 33.2. The molecule has 7 heteroatoms. The van der Waals surface area contributed by atoms with Gasteiger partial charge in [-0.05, 0) is 160 Å². The maximum atomic E-state index is 15.3. The fourth-order valence-corrected chi connectivity index (χ4v) is 13.5. The number of alkyl halides is 5. The molecule has 6 aliphatic carbocycles. The molecule has 0 aromatic heterocycles. The van der Waals surface area contributed by atoms with Gasteiger partial charge in [0.15, 0.2) is 0 Å². The Labute approximate surface area is 335 Å². The van der Waals surface area contributed by atoms with E-state index in [1.54, 1.807) is 24.3 Å². The molecular weight excluding hydrogens is 770 g/mol. The van der Waals surface area contributed by atoms with Crippen LogP contribution in [0.1, 0.15) is 165 Å². The van der Waals surface area contributed by atoms with E-state index in [0.29, 0.717) is 23.0 Å². The van der Waals surface area contributed by atoms with E-state index in [0.717, 1.165) is 87.2 Å². The molecule has 0 bridgehead atoms. The topological polar surface area (TPSA) is 0 Å². The van der Waals surface area contributed by atoms with Crippen molar-refractivity contribution in [3.8, 4) is 0 Å². The van der Waals surface area contributed by atoms with Crippen molar-refractivity contribution >= 4 is 22.0 Å². The van der Waals surface area contributed by atoms with Crippen molar-refractivity contribution < 1.29 is 26.3 Å². The highest BCUT2D eigenvalue weighted by Gasteiger charge is 2.63. The first-order valence-electron chi connectivity index (χ1n) is 22.1. The predicted octanol–water partition coefficient (Wildman–Crippen LogP) is 15.7. The molecule has 6 aliphatic rings. The van der Waals surface area contributed by atoms with Gasteiger partial charge in [0.05, 0.1) is 11.1 Å². The number of rotatable bonds is 8. The van der Waals surface area contributed by atoms with E-state index < -0.39 is 33.4 Å². The van der Waals surface area contributed by atoms with Crippen LogP contribution in [0, 0.1) is 59.0 Å². The average molecular weight is 834 g/mol. The van der Waals surface area contributed by atoms with Gasteiger partial charge in [0.1, 0.15) is 16.0 Å². The molecule has 0 aliphatic heterocycles. The quantitative estimate of drug-likeness (QED) is 0.184. The van der Waals surface area contributed by atoms with Crippen molar-refractivity contribution in [2.75, 3.05) is 0 Å². The summed E-state index contributed by atoms with van der Waals surface area (Å²) in [4.78, 5) is 0. The van der Waals surface area contributed by atoms with Gasteiger partial charge in [-0.15, -0.1) is 0 Å². The fraction of sp³-hybridized carbons (Fsp3) is 0.708. The maximum Gasteiger partial charge on any atom is 0.298 e. The number of fused-ring (bicyclic) bond motifs is 2. The molecule has 8 rings (SSSR count). The van der Waals surface area contributed by atoms with Gasteiger partial charge in [0.2, 0.25) is 0 Å². The Morgan fingerprint density at radius 2 is 1.04 bits per heavy atom. The Morgan fingerprint density at radius 3 is 1.51 bits per heavy atom. The molecule has 2 aromatic rings. The van der Waals surface area contributed by atoms with E-state index in [-0.39, 0.29) is 29.4 Å². The average Bonchev–Trinajstić information content (AvgIpc) is 3.59. The number of halogens is 7.